The Bertz CT molecular complexity index is 666. The zero-order chi connectivity index (χ0) is 19.7. The van der Waals surface area contributed by atoms with E-state index in [-0.39, 0.29) is 0 Å². The van der Waals surface area contributed by atoms with Crippen LogP contribution in [0.15, 0.2) is 12.1 Å². The van der Waals surface area contributed by atoms with Crippen molar-refractivity contribution in [2.75, 3.05) is 44.3 Å². The summed E-state index contributed by atoms with van der Waals surface area (Å²) >= 11 is -0.856. The molecule has 1 atom stereocenters. The number of likely N-dealkylation sites (tertiary alicyclic amines) is 1. The zero-order valence-electron chi connectivity index (χ0n) is 17.6. The van der Waals surface area contributed by atoms with Crippen molar-refractivity contribution in [3.63, 3.8) is 0 Å². The SMILES string of the molecule is CC(C)N1CCC(Oc2cc3c(cc2C2CCN([S+](C)[O-])CC2)NCC3)CC1. The van der Waals surface area contributed by atoms with Gasteiger partial charge in [0, 0.05) is 55.8 Å². The minimum Gasteiger partial charge on any atom is -0.598 e. The molecule has 1 aromatic rings. The molecule has 2 fully saturated rings. The second-order valence-electron chi connectivity index (χ2n) is 8.80. The molecule has 0 radical (unpaired) electrons. The Labute approximate surface area is 173 Å². The number of ether oxygens (including phenoxy) is 1. The van der Waals surface area contributed by atoms with E-state index < -0.39 is 11.4 Å². The molecule has 156 valence electrons. The molecule has 0 saturated carbocycles. The van der Waals surface area contributed by atoms with Crippen molar-refractivity contribution < 1.29 is 9.29 Å². The minimum atomic E-state index is -0.856. The van der Waals surface area contributed by atoms with Crippen molar-refractivity contribution in [2.24, 2.45) is 0 Å². The summed E-state index contributed by atoms with van der Waals surface area (Å²) in [6.07, 6.45) is 7.54. The fourth-order valence-corrected chi connectivity index (χ4v) is 5.60. The summed E-state index contributed by atoms with van der Waals surface area (Å²) in [5.41, 5.74) is 4.05. The Morgan fingerprint density at radius 3 is 2.46 bits per heavy atom. The van der Waals surface area contributed by atoms with Gasteiger partial charge in [0.2, 0.25) is 0 Å². The Morgan fingerprint density at radius 2 is 1.82 bits per heavy atom. The van der Waals surface area contributed by atoms with E-state index in [0.717, 1.165) is 70.6 Å². The van der Waals surface area contributed by atoms with Gasteiger partial charge in [-0.1, -0.05) is 0 Å². The Balaban J connectivity index is 1.49. The monoisotopic (exact) mass is 405 g/mol. The molecule has 6 heteroatoms. The lowest BCUT2D eigenvalue weighted by Crippen LogP contribution is -2.42. The first-order chi connectivity index (χ1) is 13.5. The molecular weight excluding hydrogens is 370 g/mol. The van der Waals surface area contributed by atoms with Crippen LogP contribution in [0, 0.1) is 0 Å². The Hall–Kier alpha value is -0.950. The number of anilines is 1. The van der Waals surface area contributed by atoms with Crippen LogP contribution in [0.2, 0.25) is 0 Å². The van der Waals surface area contributed by atoms with Crippen LogP contribution in [0.5, 0.6) is 5.75 Å². The van der Waals surface area contributed by atoms with Crippen molar-refractivity contribution in [2.45, 2.75) is 64.0 Å². The maximum absolute atomic E-state index is 11.8. The number of fused-ring (bicyclic) bond motifs is 1. The summed E-state index contributed by atoms with van der Waals surface area (Å²) in [6.45, 7) is 9.66. The van der Waals surface area contributed by atoms with Crippen LogP contribution < -0.4 is 10.1 Å². The van der Waals surface area contributed by atoms with Crippen LogP contribution in [0.3, 0.4) is 0 Å². The van der Waals surface area contributed by atoms with Gasteiger partial charge in [0.05, 0.1) is 0 Å². The second kappa shape index (κ2) is 8.82. The third kappa shape index (κ3) is 4.45. The third-order valence-electron chi connectivity index (χ3n) is 6.70. The maximum Gasteiger partial charge on any atom is 0.123 e. The van der Waals surface area contributed by atoms with Gasteiger partial charge < -0.3 is 19.5 Å². The van der Waals surface area contributed by atoms with E-state index >= 15 is 0 Å². The van der Waals surface area contributed by atoms with Gasteiger partial charge in [-0.15, -0.1) is 4.31 Å². The van der Waals surface area contributed by atoms with Crippen LogP contribution in [0.4, 0.5) is 5.69 Å². The number of hydrogen-bond acceptors (Lipinski definition) is 5. The lowest BCUT2D eigenvalue weighted by molar-refractivity contribution is 0.0831. The molecule has 0 spiro atoms. The molecule has 0 aliphatic carbocycles. The van der Waals surface area contributed by atoms with Gasteiger partial charge in [-0.3, -0.25) is 0 Å². The van der Waals surface area contributed by atoms with Crippen LogP contribution in [-0.2, 0) is 17.8 Å². The predicted molar refractivity (Wildman–Crippen MR) is 117 cm³/mol. The van der Waals surface area contributed by atoms with Crippen molar-refractivity contribution in [3.8, 4) is 5.75 Å². The average Bonchev–Trinajstić information content (AvgIpc) is 3.15. The van der Waals surface area contributed by atoms with E-state index in [1.165, 1.54) is 16.8 Å². The highest BCUT2D eigenvalue weighted by Crippen LogP contribution is 2.40. The van der Waals surface area contributed by atoms with Gasteiger partial charge in [0.15, 0.2) is 0 Å². The molecule has 0 bridgehead atoms. The van der Waals surface area contributed by atoms with E-state index in [4.69, 9.17) is 4.74 Å². The number of piperidine rings is 2. The quantitative estimate of drug-likeness (QED) is 0.761. The van der Waals surface area contributed by atoms with Gasteiger partial charge in [-0.2, -0.15) is 0 Å². The smallest absolute Gasteiger partial charge is 0.123 e. The van der Waals surface area contributed by atoms with Gasteiger partial charge in [-0.05, 0) is 75.1 Å². The molecular formula is C22H35N3O2S. The summed E-state index contributed by atoms with van der Waals surface area (Å²) in [5, 5.41) is 3.53. The summed E-state index contributed by atoms with van der Waals surface area (Å²) in [4.78, 5) is 2.55. The van der Waals surface area contributed by atoms with Crippen molar-refractivity contribution in [1.82, 2.24) is 9.21 Å². The van der Waals surface area contributed by atoms with E-state index in [1.54, 1.807) is 6.26 Å². The van der Waals surface area contributed by atoms with Crippen molar-refractivity contribution >= 4 is 17.0 Å². The highest BCUT2D eigenvalue weighted by Gasteiger charge is 2.30. The Morgan fingerprint density at radius 1 is 1.11 bits per heavy atom. The van der Waals surface area contributed by atoms with Gasteiger partial charge in [0.1, 0.15) is 18.1 Å². The van der Waals surface area contributed by atoms with Gasteiger partial charge in [0.25, 0.3) is 0 Å². The molecule has 4 rings (SSSR count). The number of benzene rings is 1. The van der Waals surface area contributed by atoms with Crippen molar-refractivity contribution in [3.05, 3.63) is 23.3 Å². The fraction of sp³-hybridized carbons (Fsp3) is 0.727. The molecule has 28 heavy (non-hydrogen) atoms. The van der Waals surface area contributed by atoms with Crippen LogP contribution in [0.1, 0.15) is 56.6 Å². The van der Waals surface area contributed by atoms with Crippen LogP contribution in [-0.4, -0.2) is 64.9 Å². The third-order valence-corrected chi connectivity index (χ3v) is 7.80. The number of rotatable bonds is 5. The average molecular weight is 406 g/mol. The summed E-state index contributed by atoms with van der Waals surface area (Å²) in [7, 11) is 0. The molecule has 0 amide bonds. The molecule has 2 saturated heterocycles. The number of nitrogens with zero attached hydrogens (tertiary/aromatic N) is 2. The van der Waals surface area contributed by atoms with E-state index in [1.807, 2.05) is 0 Å². The van der Waals surface area contributed by atoms with Crippen LogP contribution >= 0.6 is 0 Å². The topological polar surface area (TPSA) is 50.8 Å². The molecule has 3 aliphatic rings. The highest BCUT2D eigenvalue weighted by molar-refractivity contribution is 7.88. The molecule has 1 N–H and O–H groups in total. The van der Waals surface area contributed by atoms with E-state index in [2.05, 4.69) is 40.5 Å². The fourth-order valence-electron chi connectivity index (χ4n) is 4.88. The second-order valence-corrected chi connectivity index (χ2v) is 10.2. The predicted octanol–water partition coefficient (Wildman–Crippen LogP) is 3.38. The molecule has 5 nitrogen and oxygen atoms in total. The molecule has 3 heterocycles. The summed E-state index contributed by atoms with van der Waals surface area (Å²) in [6, 6.07) is 5.28. The van der Waals surface area contributed by atoms with Gasteiger partial charge >= 0.3 is 0 Å². The number of nitrogens with one attached hydrogen (secondary N) is 1. The highest BCUT2D eigenvalue weighted by atomic mass is 32.2. The van der Waals surface area contributed by atoms with E-state index in [0.29, 0.717) is 18.1 Å². The first-order valence-corrected chi connectivity index (χ1v) is 12.4. The van der Waals surface area contributed by atoms with Crippen LogP contribution in [0.25, 0.3) is 0 Å². The molecule has 1 aromatic carbocycles. The summed E-state index contributed by atoms with van der Waals surface area (Å²) < 4.78 is 20.5. The first-order valence-electron chi connectivity index (χ1n) is 10.9. The Kier molecular flexibility index (Phi) is 6.40. The lowest BCUT2D eigenvalue weighted by atomic mass is 9.88. The summed E-state index contributed by atoms with van der Waals surface area (Å²) in [5.74, 6) is 1.61. The van der Waals surface area contributed by atoms with E-state index in [9.17, 15) is 4.55 Å². The maximum atomic E-state index is 11.8. The van der Waals surface area contributed by atoms with Crippen molar-refractivity contribution in [1.29, 1.82) is 0 Å². The molecule has 1 unspecified atom stereocenters. The zero-order valence-corrected chi connectivity index (χ0v) is 18.4. The van der Waals surface area contributed by atoms with Gasteiger partial charge in [-0.25, -0.2) is 0 Å². The largest absolute Gasteiger partial charge is 0.598 e. The normalized spacial score (nSPS) is 23.6. The molecule has 0 aromatic heterocycles. The number of hydrogen-bond donors (Lipinski definition) is 1. The first kappa shape index (κ1) is 20.3. The lowest BCUT2D eigenvalue weighted by Gasteiger charge is -2.36. The molecule has 3 aliphatic heterocycles. The minimum absolute atomic E-state index is 0.324. The standard InChI is InChI=1S/C22H35N3O2S/c1-16(2)24-10-7-19(8-11-24)27-22-14-18-4-9-23-21(18)15-20(22)17-5-12-25(13-6-17)28(3)26/h14-17,19,23H,4-13H2,1-3H3.